The van der Waals surface area contributed by atoms with E-state index in [-0.39, 0.29) is 11.8 Å². The third-order valence-corrected chi connectivity index (χ3v) is 5.01. The first-order valence-corrected chi connectivity index (χ1v) is 10.3. The van der Waals surface area contributed by atoms with Crippen molar-refractivity contribution in [2.24, 2.45) is 0 Å². The Morgan fingerprint density at radius 2 is 1.76 bits per heavy atom. The lowest BCUT2D eigenvalue weighted by molar-refractivity contribution is -0.125. The average Bonchev–Trinajstić information content (AvgIpc) is 2.77. The Morgan fingerprint density at radius 1 is 1.10 bits per heavy atom. The minimum atomic E-state index is -0.727. The average molecular weight is 411 g/mol. The minimum absolute atomic E-state index is 0.128. The number of carbonyl (C=O) groups excluding carboxylic acids is 2. The highest BCUT2D eigenvalue weighted by molar-refractivity contribution is 6.30. The Labute approximate surface area is 177 Å². The molecule has 3 rings (SSSR count). The number of nitrogens with zero attached hydrogens (tertiary/aromatic N) is 1. The number of nitrogens with one attached hydrogen (secondary N) is 1. The van der Waals surface area contributed by atoms with Gasteiger partial charge in [0, 0.05) is 22.7 Å². The summed E-state index contributed by atoms with van der Waals surface area (Å²) >= 11 is 6.09. The van der Waals surface area contributed by atoms with Gasteiger partial charge in [0.15, 0.2) is 0 Å². The Hall–Kier alpha value is -2.59. The van der Waals surface area contributed by atoms with Crippen molar-refractivity contribution in [3.63, 3.8) is 0 Å². The van der Waals surface area contributed by atoms with Crippen LogP contribution in [0.2, 0.25) is 5.02 Å². The number of hydrogen-bond acceptors (Lipinski definition) is 2. The smallest absolute Gasteiger partial charge is 0.255 e. The topological polar surface area (TPSA) is 49.4 Å². The van der Waals surface area contributed by atoms with Crippen molar-refractivity contribution < 1.29 is 9.59 Å². The zero-order valence-corrected chi connectivity index (χ0v) is 18.1. The van der Waals surface area contributed by atoms with E-state index in [0.29, 0.717) is 17.1 Å². The highest BCUT2D eigenvalue weighted by atomic mass is 35.5. The van der Waals surface area contributed by atoms with Crippen LogP contribution < -0.4 is 5.32 Å². The molecule has 0 fully saturated rings. The summed E-state index contributed by atoms with van der Waals surface area (Å²) in [4.78, 5) is 28.5. The Balaban J connectivity index is 2.22. The Kier molecular flexibility index (Phi) is 6.13. The van der Waals surface area contributed by atoms with Crippen LogP contribution >= 0.6 is 11.6 Å². The van der Waals surface area contributed by atoms with Crippen molar-refractivity contribution in [1.29, 1.82) is 0 Å². The van der Waals surface area contributed by atoms with Crippen LogP contribution in [0.15, 0.2) is 48.5 Å². The molecular formula is C24H27ClN2O2. The van der Waals surface area contributed by atoms with E-state index >= 15 is 0 Å². The molecule has 2 aromatic carbocycles. The summed E-state index contributed by atoms with van der Waals surface area (Å²) in [5.74, 6) is -0.315. The lowest BCUT2D eigenvalue weighted by atomic mass is 9.94. The van der Waals surface area contributed by atoms with Gasteiger partial charge < -0.3 is 10.2 Å². The van der Waals surface area contributed by atoms with Crippen molar-refractivity contribution in [1.82, 2.24) is 10.2 Å². The molecule has 0 saturated heterocycles. The van der Waals surface area contributed by atoms with E-state index < -0.39 is 11.6 Å². The minimum Gasteiger partial charge on any atom is -0.349 e. The second-order valence-electron chi connectivity index (χ2n) is 8.33. The van der Waals surface area contributed by atoms with Gasteiger partial charge in [-0.3, -0.25) is 9.59 Å². The molecular weight excluding hydrogens is 384 g/mol. The van der Waals surface area contributed by atoms with Crippen molar-refractivity contribution in [3.8, 4) is 0 Å². The third-order valence-electron chi connectivity index (χ3n) is 4.76. The molecule has 1 unspecified atom stereocenters. The first kappa shape index (κ1) is 21.1. The second-order valence-corrected chi connectivity index (χ2v) is 8.77. The van der Waals surface area contributed by atoms with E-state index in [9.17, 15) is 9.59 Å². The molecule has 4 nitrogen and oxygen atoms in total. The highest BCUT2D eigenvalue weighted by Gasteiger charge is 2.37. The van der Waals surface area contributed by atoms with E-state index in [0.717, 1.165) is 23.1 Å². The molecule has 0 saturated carbocycles. The van der Waals surface area contributed by atoms with Crippen LogP contribution in [-0.2, 0) is 4.79 Å². The number of carbonyl (C=O) groups is 2. The molecule has 2 aromatic rings. The number of hydrogen-bond donors (Lipinski definition) is 1. The van der Waals surface area contributed by atoms with Gasteiger partial charge in [-0.25, -0.2) is 0 Å². The normalized spacial score (nSPS) is 16.7. The van der Waals surface area contributed by atoms with Crippen molar-refractivity contribution in [3.05, 3.63) is 70.2 Å². The molecule has 0 bridgehead atoms. The van der Waals surface area contributed by atoms with Gasteiger partial charge >= 0.3 is 0 Å². The number of halogens is 1. The van der Waals surface area contributed by atoms with Crippen LogP contribution in [0, 0.1) is 0 Å². The molecule has 1 atom stereocenters. The van der Waals surface area contributed by atoms with Crippen molar-refractivity contribution >= 4 is 35.1 Å². The van der Waals surface area contributed by atoms with E-state index in [1.807, 2.05) is 70.2 Å². The summed E-state index contributed by atoms with van der Waals surface area (Å²) in [7, 11) is 0. The summed E-state index contributed by atoms with van der Waals surface area (Å²) in [5.41, 5.74) is 2.67. The van der Waals surface area contributed by atoms with Gasteiger partial charge in [-0.1, -0.05) is 48.9 Å². The van der Waals surface area contributed by atoms with Crippen LogP contribution in [0.5, 0.6) is 0 Å². The standard InChI is InChI=1S/C24H27ClN2O2/c1-5-14-27-21(22(28)26-24(2,3)4)20(16-10-12-18(25)13-11-16)15-17-8-6-7-9-19(17)23(27)29/h6-13,15,21H,5,14H2,1-4H3,(H,26,28). The highest BCUT2D eigenvalue weighted by Crippen LogP contribution is 2.32. The molecule has 152 valence electrons. The maximum atomic E-state index is 13.4. The Bertz CT molecular complexity index is 942. The van der Waals surface area contributed by atoms with Gasteiger partial charge in [0.2, 0.25) is 5.91 Å². The number of rotatable bonds is 4. The third kappa shape index (κ3) is 4.70. The molecule has 1 N–H and O–H groups in total. The van der Waals surface area contributed by atoms with Gasteiger partial charge in [-0.2, -0.15) is 0 Å². The van der Waals surface area contributed by atoms with Crippen LogP contribution in [-0.4, -0.2) is 34.8 Å². The maximum Gasteiger partial charge on any atom is 0.255 e. The lowest BCUT2D eigenvalue weighted by Crippen LogP contribution is -2.54. The number of fused-ring (bicyclic) bond motifs is 1. The zero-order chi connectivity index (χ0) is 21.2. The first-order valence-electron chi connectivity index (χ1n) is 9.91. The van der Waals surface area contributed by atoms with Gasteiger partial charge in [0.25, 0.3) is 5.91 Å². The molecule has 0 aliphatic carbocycles. The summed E-state index contributed by atoms with van der Waals surface area (Å²) in [6.07, 6.45) is 2.71. The van der Waals surface area contributed by atoms with E-state index in [4.69, 9.17) is 11.6 Å². The van der Waals surface area contributed by atoms with E-state index in [1.54, 1.807) is 17.0 Å². The van der Waals surface area contributed by atoms with E-state index in [1.165, 1.54) is 0 Å². The van der Waals surface area contributed by atoms with Crippen LogP contribution in [0.4, 0.5) is 0 Å². The van der Waals surface area contributed by atoms with Crippen LogP contribution in [0.3, 0.4) is 0 Å². The molecule has 0 spiro atoms. The predicted molar refractivity (Wildman–Crippen MR) is 119 cm³/mol. The lowest BCUT2D eigenvalue weighted by Gasteiger charge is -2.34. The SMILES string of the molecule is CCCN1C(=O)c2ccccc2C=C(c2ccc(Cl)cc2)C1C(=O)NC(C)(C)C. The summed E-state index contributed by atoms with van der Waals surface area (Å²) in [6, 6.07) is 14.2. The maximum absolute atomic E-state index is 13.4. The fourth-order valence-corrected chi connectivity index (χ4v) is 3.71. The summed E-state index contributed by atoms with van der Waals surface area (Å²) < 4.78 is 0. The molecule has 1 aliphatic heterocycles. The van der Waals surface area contributed by atoms with Gasteiger partial charge in [-0.15, -0.1) is 0 Å². The van der Waals surface area contributed by atoms with Gasteiger partial charge in [-0.05, 0) is 68.2 Å². The molecule has 29 heavy (non-hydrogen) atoms. The zero-order valence-electron chi connectivity index (χ0n) is 17.3. The summed E-state index contributed by atoms with van der Waals surface area (Å²) in [5, 5.41) is 3.69. The summed E-state index contributed by atoms with van der Waals surface area (Å²) in [6.45, 7) is 8.31. The Morgan fingerprint density at radius 3 is 2.38 bits per heavy atom. The molecule has 0 aromatic heterocycles. The molecule has 2 amide bonds. The first-order chi connectivity index (χ1) is 13.7. The van der Waals surface area contributed by atoms with Gasteiger partial charge in [0.05, 0.1) is 0 Å². The quantitative estimate of drug-likeness (QED) is 0.768. The van der Waals surface area contributed by atoms with Crippen LogP contribution in [0.25, 0.3) is 11.6 Å². The second kappa shape index (κ2) is 8.42. The molecule has 0 radical (unpaired) electrons. The van der Waals surface area contributed by atoms with E-state index in [2.05, 4.69) is 5.32 Å². The largest absolute Gasteiger partial charge is 0.349 e. The fourth-order valence-electron chi connectivity index (χ4n) is 3.58. The molecule has 5 heteroatoms. The van der Waals surface area contributed by atoms with Crippen LogP contribution in [0.1, 0.15) is 55.6 Å². The van der Waals surface area contributed by atoms with Gasteiger partial charge in [0.1, 0.15) is 6.04 Å². The number of benzene rings is 2. The molecule has 1 aliphatic rings. The van der Waals surface area contributed by atoms with Crippen molar-refractivity contribution in [2.45, 2.75) is 45.7 Å². The number of amides is 2. The monoisotopic (exact) mass is 410 g/mol. The van der Waals surface area contributed by atoms with Crippen molar-refractivity contribution in [2.75, 3.05) is 6.54 Å². The predicted octanol–water partition coefficient (Wildman–Crippen LogP) is 5.03. The molecule has 1 heterocycles. The fraction of sp³-hybridized carbons (Fsp3) is 0.333.